The molecule has 67 heavy (non-hydrogen) atoms. The van der Waals surface area contributed by atoms with Crippen molar-refractivity contribution in [3.8, 4) is 11.5 Å². The Morgan fingerprint density at radius 3 is 2.04 bits per heavy atom. The standard InChI is InChI=1S/C50H74N4O12S/c1-29(2)14-11-15-30(3)16-12-17-31(4)18-13-24-50(8)25-23-35-34(7)43(32(5)33(6)44(35)66-50)65-49(63)37(45(57)54-40-20-10-9-19-36(40)47(59)60)27-67-28-39(52)46(58)53-26-42(56)64-41(55)22-21-38(51)48(61)62/h9-10,19-20,29-31,37-39H,11-18,21-28,51-52H2,1-8H3,(H,53,58)(H,54,57)(H,59,60)(H,61,62)/t30?,31?,37?,38-,39-,50?/m0/s1. The van der Waals surface area contributed by atoms with E-state index in [1.54, 1.807) is 0 Å². The van der Waals surface area contributed by atoms with Gasteiger partial charge in [0.15, 0.2) is 0 Å². The van der Waals surface area contributed by atoms with Gasteiger partial charge in [-0.15, -0.1) is 0 Å². The van der Waals surface area contributed by atoms with Crippen molar-refractivity contribution in [1.29, 1.82) is 0 Å². The number of para-hydroxylation sites is 1. The van der Waals surface area contributed by atoms with E-state index < -0.39 is 72.6 Å². The molecule has 1 aliphatic heterocycles. The average Bonchev–Trinajstić information content (AvgIpc) is 3.26. The summed E-state index contributed by atoms with van der Waals surface area (Å²) in [6.45, 7) is 16.4. The van der Waals surface area contributed by atoms with E-state index in [0.29, 0.717) is 29.2 Å². The Labute approximate surface area is 399 Å². The van der Waals surface area contributed by atoms with Crippen LogP contribution in [0.4, 0.5) is 5.69 Å². The van der Waals surface area contributed by atoms with Crippen LogP contribution in [0.5, 0.6) is 11.5 Å². The van der Waals surface area contributed by atoms with Crippen LogP contribution in [0.25, 0.3) is 0 Å². The number of carboxylic acid groups (broad SMARTS) is 2. The van der Waals surface area contributed by atoms with Crippen LogP contribution in [-0.2, 0) is 39.9 Å². The lowest BCUT2D eigenvalue weighted by atomic mass is 9.83. The van der Waals surface area contributed by atoms with Crippen LogP contribution < -0.4 is 31.6 Å². The largest absolute Gasteiger partial charge is 0.487 e. The number of carbonyl (C=O) groups excluding carboxylic acids is 5. The van der Waals surface area contributed by atoms with Gasteiger partial charge in [0, 0.05) is 23.5 Å². The normalized spacial score (nSPS) is 16.6. The lowest BCUT2D eigenvalue weighted by Gasteiger charge is -2.38. The molecule has 0 spiro atoms. The minimum Gasteiger partial charge on any atom is -0.487 e. The maximum Gasteiger partial charge on any atom is 0.337 e. The molecule has 0 saturated heterocycles. The minimum absolute atomic E-state index is 0.0295. The number of carbonyl (C=O) groups is 7. The maximum absolute atomic E-state index is 14.1. The number of thioether (sulfide) groups is 1. The lowest BCUT2D eigenvalue weighted by molar-refractivity contribution is -0.159. The fourth-order valence-electron chi connectivity index (χ4n) is 8.12. The first-order valence-electron chi connectivity index (χ1n) is 23.5. The minimum atomic E-state index is -1.49. The van der Waals surface area contributed by atoms with E-state index >= 15 is 0 Å². The molecule has 2 amide bonds. The third-order valence-corrected chi connectivity index (χ3v) is 13.8. The van der Waals surface area contributed by atoms with Gasteiger partial charge in [0.25, 0.3) is 0 Å². The van der Waals surface area contributed by atoms with Crippen LogP contribution in [0.2, 0.25) is 0 Å². The molecule has 3 rings (SSSR count). The zero-order chi connectivity index (χ0) is 50.0. The topological polar surface area (TPSA) is 264 Å². The second-order valence-corrected chi connectivity index (χ2v) is 20.0. The Hall–Kier alpha value is -5.00. The number of aromatic carboxylic acids is 1. The first-order chi connectivity index (χ1) is 31.5. The summed E-state index contributed by atoms with van der Waals surface area (Å²) in [5.41, 5.74) is 14.0. The second-order valence-electron chi connectivity index (χ2n) is 18.9. The molecule has 0 aromatic heterocycles. The molecule has 0 radical (unpaired) electrons. The molecule has 0 fully saturated rings. The Morgan fingerprint density at radius 1 is 0.791 bits per heavy atom. The number of anilines is 1. The molecule has 0 saturated carbocycles. The van der Waals surface area contributed by atoms with Crippen LogP contribution in [0.3, 0.4) is 0 Å². The number of hydrogen-bond acceptors (Lipinski definition) is 13. The van der Waals surface area contributed by atoms with Gasteiger partial charge >= 0.3 is 29.8 Å². The van der Waals surface area contributed by atoms with Crippen molar-refractivity contribution in [2.24, 2.45) is 35.1 Å². The van der Waals surface area contributed by atoms with Gasteiger partial charge in [-0.2, -0.15) is 11.8 Å². The summed E-state index contributed by atoms with van der Waals surface area (Å²) in [5.74, 6) is -5.85. The Kier molecular flexibility index (Phi) is 22.8. The van der Waals surface area contributed by atoms with Gasteiger partial charge in [0.05, 0.1) is 17.3 Å². The monoisotopic (exact) mass is 955 g/mol. The Bertz CT molecular complexity index is 2060. The smallest absolute Gasteiger partial charge is 0.337 e. The summed E-state index contributed by atoms with van der Waals surface area (Å²) in [4.78, 5) is 87.4. The molecule has 4 unspecified atom stereocenters. The molecule has 6 atom stereocenters. The van der Waals surface area contributed by atoms with Gasteiger partial charge < -0.3 is 46.5 Å². The van der Waals surface area contributed by atoms with Crippen molar-refractivity contribution in [2.45, 2.75) is 157 Å². The van der Waals surface area contributed by atoms with Crippen molar-refractivity contribution in [2.75, 3.05) is 23.4 Å². The molecule has 0 aliphatic carbocycles. The highest BCUT2D eigenvalue weighted by atomic mass is 32.2. The summed E-state index contributed by atoms with van der Waals surface area (Å²) in [7, 11) is 0. The Balaban J connectivity index is 1.67. The third kappa shape index (κ3) is 18.2. The Morgan fingerprint density at radius 2 is 1.42 bits per heavy atom. The number of ether oxygens (including phenoxy) is 3. The highest BCUT2D eigenvalue weighted by Gasteiger charge is 2.36. The summed E-state index contributed by atoms with van der Waals surface area (Å²) >= 11 is 0.979. The number of esters is 3. The highest BCUT2D eigenvalue weighted by molar-refractivity contribution is 7.99. The number of aliphatic carboxylic acids is 1. The van der Waals surface area contributed by atoms with E-state index in [1.807, 2.05) is 20.8 Å². The van der Waals surface area contributed by atoms with Crippen LogP contribution in [0.15, 0.2) is 24.3 Å². The molecule has 0 bridgehead atoms. The number of nitrogens with two attached hydrogens (primary N) is 2. The van der Waals surface area contributed by atoms with Crippen molar-refractivity contribution < 1.29 is 58.0 Å². The first kappa shape index (κ1) is 56.3. The summed E-state index contributed by atoms with van der Waals surface area (Å²) in [6.07, 6.45) is 11.6. The van der Waals surface area contributed by atoms with Crippen molar-refractivity contribution in [3.05, 3.63) is 52.1 Å². The number of amides is 2. The molecule has 16 nitrogen and oxygen atoms in total. The molecular weight excluding hydrogens is 881 g/mol. The molecule has 2 aromatic carbocycles. The summed E-state index contributed by atoms with van der Waals surface area (Å²) < 4.78 is 17.5. The second kappa shape index (κ2) is 27.1. The number of hydrogen-bond donors (Lipinski definition) is 6. The van der Waals surface area contributed by atoms with Crippen LogP contribution >= 0.6 is 11.8 Å². The van der Waals surface area contributed by atoms with Gasteiger partial charge in [-0.1, -0.05) is 84.8 Å². The number of carboxylic acids is 2. The van der Waals surface area contributed by atoms with E-state index in [-0.39, 0.29) is 34.8 Å². The average molecular weight is 955 g/mol. The molecule has 17 heteroatoms. The zero-order valence-electron chi connectivity index (χ0n) is 40.6. The fourth-order valence-corrected chi connectivity index (χ4v) is 9.19. The third-order valence-electron chi connectivity index (χ3n) is 12.6. The molecule has 1 heterocycles. The predicted octanol–water partition coefficient (Wildman–Crippen LogP) is 7.43. The van der Waals surface area contributed by atoms with Crippen LogP contribution in [0.1, 0.15) is 144 Å². The molecule has 1 aliphatic rings. The highest BCUT2D eigenvalue weighted by Crippen LogP contribution is 2.45. The molecule has 8 N–H and O–H groups in total. The van der Waals surface area contributed by atoms with Gasteiger partial charge in [-0.3, -0.25) is 24.0 Å². The molecule has 372 valence electrons. The number of fused-ring (bicyclic) bond motifs is 1. The van der Waals surface area contributed by atoms with Gasteiger partial charge in [-0.25, -0.2) is 9.59 Å². The fraction of sp³-hybridized carbons (Fsp3) is 0.620. The quantitative estimate of drug-likeness (QED) is 0.0275. The van der Waals surface area contributed by atoms with Gasteiger partial charge in [0.1, 0.15) is 35.6 Å². The van der Waals surface area contributed by atoms with Crippen molar-refractivity contribution >= 4 is 59.1 Å². The SMILES string of the molecule is Cc1c(C)c2c(c(C)c1OC(=O)C(CSC[C@H](N)C(=O)NCC(=O)OC(=O)CC[C@H](N)C(=O)O)C(=O)Nc1ccccc1C(=O)O)CCC(C)(CCCC(C)CCCC(C)CCCC(C)C)O2. The van der Waals surface area contributed by atoms with E-state index in [4.69, 9.17) is 26.0 Å². The summed E-state index contributed by atoms with van der Waals surface area (Å²) in [6, 6.07) is 3.20. The zero-order valence-corrected chi connectivity index (χ0v) is 41.4. The number of nitrogens with one attached hydrogen (secondary N) is 2. The van der Waals surface area contributed by atoms with Crippen molar-refractivity contribution in [3.63, 3.8) is 0 Å². The van der Waals surface area contributed by atoms with Crippen LogP contribution in [0, 0.1) is 44.4 Å². The maximum atomic E-state index is 14.1. The molecule has 2 aromatic rings. The van der Waals surface area contributed by atoms with Crippen LogP contribution in [-0.4, -0.2) is 87.6 Å². The summed E-state index contributed by atoms with van der Waals surface area (Å²) in [5, 5.41) is 23.4. The van der Waals surface area contributed by atoms with E-state index in [9.17, 15) is 38.7 Å². The lowest BCUT2D eigenvalue weighted by Crippen LogP contribution is -2.45. The first-order valence-corrected chi connectivity index (χ1v) is 24.7. The van der Waals surface area contributed by atoms with E-state index in [2.05, 4.69) is 50.0 Å². The number of benzene rings is 2. The van der Waals surface area contributed by atoms with Gasteiger partial charge in [-0.05, 0) is 106 Å². The van der Waals surface area contributed by atoms with Gasteiger partial charge in [0.2, 0.25) is 11.8 Å². The molecular formula is C50H74N4O12S. The van der Waals surface area contributed by atoms with Crippen molar-refractivity contribution in [1.82, 2.24) is 5.32 Å². The predicted molar refractivity (Wildman–Crippen MR) is 258 cm³/mol. The number of rotatable bonds is 28. The van der Waals surface area contributed by atoms with E-state index in [0.717, 1.165) is 66.2 Å². The van der Waals surface area contributed by atoms with E-state index in [1.165, 1.54) is 62.8 Å².